The van der Waals surface area contributed by atoms with Crippen LogP contribution < -0.4 is 10.2 Å². The summed E-state index contributed by atoms with van der Waals surface area (Å²) in [4.78, 5) is 1.98. The second-order valence-corrected chi connectivity index (χ2v) is 7.07. The summed E-state index contributed by atoms with van der Waals surface area (Å²) in [5.41, 5.74) is 0.191. The molecule has 0 aromatic carbocycles. The topological polar surface area (TPSA) is 41.1 Å². The number of anilines is 1. The van der Waals surface area contributed by atoms with Crippen molar-refractivity contribution in [3.8, 4) is 0 Å². The van der Waals surface area contributed by atoms with Gasteiger partial charge in [0.05, 0.1) is 0 Å². The van der Waals surface area contributed by atoms with Gasteiger partial charge in [0.1, 0.15) is 0 Å². The summed E-state index contributed by atoms with van der Waals surface area (Å²) < 4.78 is 1.04. The minimum atomic E-state index is 0.191. The molecule has 6 heteroatoms. The molecule has 1 rings (SSSR count). The lowest BCUT2D eigenvalue weighted by Gasteiger charge is -2.19. The van der Waals surface area contributed by atoms with Gasteiger partial charge in [0, 0.05) is 31.9 Å². The number of aromatic nitrogens is 2. The summed E-state index contributed by atoms with van der Waals surface area (Å²) in [6.07, 6.45) is 0. The van der Waals surface area contributed by atoms with Crippen molar-refractivity contribution in [3.05, 3.63) is 0 Å². The molecule has 0 saturated heterocycles. The zero-order valence-electron chi connectivity index (χ0n) is 10.6. The van der Waals surface area contributed by atoms with Crippen molar-refractivity contribution in [1.82, 2.24) is 15.5 Å². The maximum absolute atomic E-state index is 4.13. The Morgan fingerprint density at radius 1 is 1.31 bits per heavy atom. The van der Waals surface area contributed by atoms with E-state index in [0.29, 0.717) is 0 Å². The van der Waals surface area contributed by atoms with E-state index in [2.05, 4.69) is 36.3 Å². The molecule has 1 aromatic heterocycles. The highest BCUT2D eigenvalue weighted by atomic mass is 32.2. The van der Waals surface area contributed by atoms with Gasteiger partial charge in [-0.3, -0.25) is 0 Å². The first-order chi connectivity index (χ1) is 7.38. The number of nitrogens with zero attached hydrogens (tertiary/aromatic N) is 3. The normalized spacial score (nSPS) is 11.8. The molecule has 0 unspecified atom stereocenters. The summed E-state index contributed by atoms with van der Waals surface area (Å²) >= 11 is 3.39. The van der Waals surface area contributed by atoms with Crippen LogP contribution in [0.2, 0.25) is 0 Å². The van der Waals surface area contributed by atoms with Crippen LogP contribution in [-0.2, 0) is 0 Å². The Kier molecular flexibility index (Phi) is 5.01. The summed E-state index contributed by atoms with van der Waals surface area (Å²) in [7, 11) is 3.96. The smallest absolute Gasteiger partial charge is 0.208 e. The first-order valence-electron chi connectivity index (χ1n) is 5.27. The maximum Gasteiger partial charge on any atom is 0.208 e. The summed E-state index contributed by atoms with van der Waals surface area (Å²) in [5.74, 6) is 1.03. The molecule has 0 atom stereocenters. The molecule has 0 amide bonds. The molecule has 1 N–H and O–H groups in total. The zero-order chi connectivity index (χ0) is 12.2. The Bertz CT molecular complexity index is 317. The third kappa shape index (κ3) is 5.14. The van der Waals surface area contributed by atoms with Crippen molar-refractivity contribution < 1.29 is 0 Å². The molecule has 1 heterocycles. The van der Waals surface area contributed by atoms with E-state index in [9.17, 15) is 0 Å². The van der Waals surface area contributed by atoms with E-state index in [0.717, 1.165) is 21.8 Å². The predicted molar refractivity (Wildman–Crippen MR) is 72.7 cm³/mol. The van der Waals surface area contributed by atoms with E-state index < -0.39 is 0 Å². The Morgan fingerprint density at radius 2 is 2.00 bits per heavy atom. The molecule has 0 aliphatic carbocycles. The molecule has 16 heavy (non-hydrogen) atoms. The number of hydrogen-bond donors (Lipinski definition) is 1. The van der Waals surface area contributed by atoms with Gasteiger partial charge in [0.25, 0.3) is 0 Å². The fourth-order valence-electron chi connectivity index (χ4n) is 1.01. The van der Waals surface area contributed by atoms with E-state index in [-0.39, 0.29) is 5.54 Å². The van der Waals surface area contributed by atoms with Gasteiger partial charge in [0.2, 0.25) is 5.13 Å². The fraction of sp³-hybridized carbons (Fsp3) is 0.800. The second-order valence-electron chi connectivity index (χ2n) is 4.77. The van der Waals surface area contributed by atoms with Gasteiger partial charge in [-0.1, -0.05) is 23.1 Å². The number of hydrogen-bond acceptors (Lipinski definition) is 6. The maximum atomic E-state index is 4.13. The van der Waals surface area contributed by atoms with Crippen molar-refractivity contribution in [2.45, 2.75) is 30.6 Å². The highest BCUT2D eigenvalue weighted by Crippen LogP contribution is 2.26. The molecule has 4 nitrogen and oxygen atoms in total. The molecule has 0 aliphatic heterocycles. The van der Waals surface area contributed by atoms with Gasteiger partial charge in [-0.2, -0.15) is 0 Å². The average molecular weight is 260 g/mol. The Labute approximate surface area is 106 Å². The standard InChI is InChI=1S/C10H20N4S2/c1-10(2,3)11-6-7-15-9-13-12-8(16-9)14(4)5/h11H,6-7H2,1-5H3. The van der Waals surface area contributed by atoms with Crippen molar-refractivity contribution >= 4 is 28.2 Å². The lowest BCUT2D eigenvalue weighted by atomic mass is 10.1. The molecular weight excluding hydrogens is 240 g/mol. The van der Waals surface area contributed by atoms with Crippen LogP contribution in [0.4, 0.5) is 5.13 Å². The number of rotatable bonds is 5. The van der Waals surface area contributed by atoms with Gasteiger partial charge < -0.3 is 10.2 Å². The zero-order valence-corrected chi connectivity index (χ0v) is 12.2. The first-order valence-corrected chi connectivity index (χ1v) is 7.07. The highest BCUT2D eigenvalue weighted by Gasteiger charge is 2.09. The van der Waals surface area contributed by atoms with Crippen LogP contribution in [0.15, 0.2) is 4.34 Å². The number of thioether (sulfide) groups is 1. The first kappa shape index (κ1) is 13.7. The lowest BCUT2D eigenvalue weighted by molar-refractivity contribution is 0.441. The largest absolute Gasteiger partial charge is 0.353 e. The third-order valence-electron chi connectivity index (χ3n) is 1.76. The molecule has 1 aromatic rings. The average Bonchev–Trinajstić information content (AvgIpc) is 2.59. The van der Waals surface area contributed by atoms with Crippen LogP contribution >= 0.6 is 23.1 Å². The Balaban J connectivity index is 2.27. The van der Waals surface area contributed by atoms with Crippen LogP contribution in [0.3, 0.4) is 0 Å². The summed E-state index contributed by atoms with van der Waals surface area (Å²) in [5, 5.41) is 12.6. The van der Waals surface area contributed by atoms with Crippen molar-refractivity contribution in [2.24, 2.45) is 0 Å². The van der Waals surface area contributed by atoms with Gasteiger partial charge >= 0.3 is 0 Å². The Hall–Kier alpha value is -0.330. The van der Waals surface area contributed by atoms with Gasteiger partial charge in [0.15, 0.2) is 4.34 Å². The quantitative estimate of drug-likeness (QED) is 0.648. The minimum Gasteiger partial charge on any atom is -0.353 e. The number of nitrogens with one attached hydrogen (secondary N) is 1. The molecular formula is C10H20N4S2. The molecule has 0 fully saturated rings. The van der Waals surface area contributed by atoms with Crippen molar-refractivity contribution in [3.63, 3.8) is 0 Å². The van der Waals surface area contributed by atoms with Gasteiger partial charge in [-0.05, 0) is 20.8 Å². The Morgan fingerprint density at radius 3 is 2.50 bits per heavy atom. The van der Waals surface area contributed by atoms with Gasteiger partial charge in [-0.25, -0.2) is 0 Å². The monoisotopic (exact) mass is 260 g/mol. The van der Waals surface area contributed by atoms with Gasteiger partial charge in [-0.15, -0.1) is 10.2 Å². The second kappa shape index (κ2) is 5.84. The molecule has 0 saturated carbocycles. The van der Waals surface area contributed by atoms with E-state index in [4.69, 9.17) is 0 Å². The fourth-order valence-corrected chi connectivity index (χ4v) is 2.69. The summed E-state index contributed by atoms with van der Waals surface area (Å²) in [6, 6.07) is 0. The van der Waals surface area contributed by atoms with Crippen LogP contribution in [0.1, 0.15) is 20.8 Å². The van der Waals surface area contributed by atoms with Crippen molar-refractivity contribution in [1.29, 1.82) is 0 Å². The molecule has 0 aliphatic rings. The summed E-state index contributed by atoms with van der Waals surface area (Å²) in [6.45, 7) is 7.51. The molecule has 0 bridgehead atoms. The van der Waals surface area contributed by atoms with E-state index >= 15 is 0 Å². The van der Waals surface area contributed by atoms with E-state index in [1.807, 2.05) is 19.0 Å². The van der Waals surface area contributed by atoms with E-state index in [1.54, 1.807) is 23.1 Å². The minimum absolute atomic E-state index is 0.191. The molecule has 0 radical (unpaired) electrons. The SMILES string of the molecule is CN(C)c1nnc(SCCNC(C)(C)C)s1. The highest BCUT2D eigenvalue weighted by molar-refractivity contribution is 8.01. The lowest BCUT2D eigenvalue weighted by Crippen LogP contribution is -2.37. The van der Waals surface area contributed by atoms with Crippen LogP contribution in [-0.4, -0.2) is 42.1 Å². The molecule has 92 valence electrons. The van der Waals surface area contributed by atoms with Crippen LogP contribution in [0.5, 0.6) is 0 Å². The van der Waals surface area contributed by atoms with Crippen molar-refractivity contribution in [2.75, 3.05) is 31.3 Å². The van der Waals surface area contributed by atoms with Crippen LogP contribution in [0.25, 0.3) is 0 Å². The predicted octanol–water partition coefficient (Wildman–Crippen LogP) is 2.08. The van der Waals surface area contributed by atoms with Crippen LogP contribution in [0, 0.1) is 0 Å². The molecule has 0 spiro atoms. The third-order valence-corrected chi connectivity index (χ3v) is 3.99. The van der Waals surface area contributed by atoms with E-state index in [1.165, 1.54) is 0 Å².